The molecule has 17 heavy (non-hydrogen) atoms. The lowest BCUT2D eigenvalue weighted by Crippen LogP contribution is -2.17. The van der Waals surface area contributed by atoms with E-state index < -0.39 is 27.2 Å². The number of benzene rings is 1. The minimum absolute atomic E-state index is 0.179. The average molecular weight is 265 g/mol. The van der Waals surface area contributed by atoms with E-state index in [1.165, 1.54) is 0 Å². The largest absolute Gasteiger partial charge is 0.573 e. The summed E-state index contributed by atoms with van der Waals surface area (Å²) < 4.78 is 63.0. The van der Waals surface area contributed by atoms with Gasteiger partial charge in [0.1, 0.15) is 5.75 Å². The maximum absolute atomic E-state index is 12.0. The van der Waals surface area contributed by atoms with Gasteiger partial charge in [-0.05, 0) is 37.1 Å². The van der Waals surface area contributed by atoms with Crippen molar-refractivity contribution in [3.63, 3.8) is 0 Å². The first-order chi connectivity index (χ1) is 7.79. The van der Waals surface area contributed by atoms with Crippen molar-refractivity contribution in [3.8, 4) is 5.75 Å². The Morgan fingerprint density at radius 2 is 1.94 bits per heavy atom. The van der Waals surface area contributed by atoms with Gasteiger partial charge in [0, 0.05) is 0 Å². The highest BCUT2D eigenvalue weighted by Crippen LogP contribution is 2.35. The zero-order chi connectivity index (χ0) is 12.7. The number of halogens is 3. The Balaban J connectivity index is 2.29. The van der Waals surface area contributed by atoms with E-state index in [1.807, 2.05) is 0 Å². The minimum atomic E-state index is -4.84. The number of hydrogen-bond acceptors (Lipinski definition) is 3. The number of ether oxygens (including phenoxy) is 1. The van der Waals surface area contributed by atoms with Gasteiger partial charge < -0.3 is 4.74 Å². The second-order valence-corrected chi connectivity index (χ2v) is 5.92. The molecule has 0 amide bonds. The molecule has 1 aliphatic rings. The molecule has 0 heterocycles. The summed E-state index contributed by atoms with van der Waals surface area (Å²) in [5, 5.41) is -0.475. The zero-order valence-corrected chi connectivity index (χ0v) is 9.31. The van der Waals surface area contributed by atoms with E-state index in [-0.39, 0.29) is 4.90 Å². The molecule has 1 aliphatic carbocycles. The Morgan fingerprint density at radius 1 is 1.29 bits per heavy atom. The van der Waals surface area contributed by atoms with Gasteiger partial charge in [0.05, 0.1) is 10.1 Å². The summed E-state index contributed by atoms with van der Waals surface area (Å²) in [7, 11) is -3.52. The van der Waals surface area contributed by atoms with Crippen molar-refractivity contribution >= 4 is 9.84 Å². The predicted octanol–water partition coefficient (Wildman–Crippen LogP) is 2.32. The summed E-state index contributed by atoms with van der Waals surface area (Å²) >= 11 is 0. The van der Waals surface area contributed by atoms with Crippen molar-refractivity contribution in [2.75, 3.05) is 0 Å². The van der Waals surface area contributed by atoms with Crippen LogP contribution in [0.5, 0.6) is 5.75 Å². The summed E-state index contributed by atoms with van der Waals surface area (Å²) in [5.41, 5.74) is 0. The van der Waals surface area contributed by atoms with Gasteiger partial charge in [0.15, 0.2) is 9.84 Å². The molecule has 7 heteroatoms. The van der Waals surface area contributed by atoms with Gasteiger partial charge in [-0.3, -0.25) is 0 Å². The van der Waals surface area contributed by atoms with Crippen LogP contribution >= 0.6 is 0 Å². The molecule has 0 atom stereocenters. The third kappa shape index (κ3) is 2.91. The molecule has 3 nitrogen and oxygen atoms in total. The van der Waals surface area contributed by atoms with Crippen molar-refractivity contribution in [1.29, 1.82) is 0 Å². The fourth-order valence-corrected chi connectivity index (χ4v) is 3.01. The molecule has 0 spiro atoms. The molecule has 0 N–H and O–H groups in total. The first-order valence-corrected chi connectivity index (χ1v) is 6.34. The monoisotopic (exact) mass is 265 g/mol. The van der Waals surface area contributed by atoms with Crippen LogP contribution in [0.3, 0.4) is 0 Å². The summed E-state index contributed by atoms with van der Waals surface area (Å²) in [6.45, 7) is 0. The van der Waals surface area contributed by atoms with E-state index in [0.717, 1.165) is 18.2 Å². The van der Waals surface area contributed by atoms with E-state index in [9.17, 15) is 21.6 Å². The standard InChI is InChI=1S/C10H8F3O3S/c11-10(12,13)16-7-2-1-3-9(6-7)17(14,15)8-4-5-8/h2-3,6,8H,4-5H2. The second kappa shape index (κ2) is 3.90. The van der Waals surface area contributed by atoms with Gasteiger partial charge in [0.25, 0.3) is 0 Å². The van der Waals surface area contributed by atoms with Crippen LogP contribution in [-0.4, -0.2) is 20.0 Å². The lowest BCUT2D eigenvalue weighted by Gasteiger charge is -2.09. The van der Waals surface area contributed by atoms with Crippen LogP contribution in [0.4, 0.5) is 13.2 Å². The van der Waals surface area contributed by atoms with E-state index in [1.54, 1.807) is 0 Å². The highest BCUT2D eigenvalue weighted by molar-refractivity contribution is 7.92. The Labute approximate surface area is 96.1 Å². The van der Waals surface area contributed by atoms with Crippen LogP contribution < -0.4 is 4.74 Å². The molecule has 1 fully saturated rings. The molecule has 1 aromatic carbocycles. The van der Waals surface area contributed by atoms with Gasteiger partial charge >= 0.3 is 6.36 Å². The molecule has 0 bridgehead atoms. The first-order valence-electron chi connectivity index (χ1n) is 4.80. The molecule has 0 aliphatic heterocycles. The minimum Gasteiger partial charge on any atom is -0.406 e. The summed E-state index contributed by atoms with van der Waals surface area (Å²) in [6.07, 6.45) is -3.74. The van der Waals surface area contributed by atoms with E-state index in [0.29, 0.717) is 12.8 Å². The topological polar surface area (TPSA) is 43.4 Å². The van der Waals surface area contributed by atoms with Crippen molar-refractivity contribution in [2.45, 2.75) is 29.3 Å². The summed E-state index contributed by atoms with van der Waals surface area (Å²) in [6, 6.07) is 5.30. The molecule has 1 radical (unpaired) electrons. The maximum Gasteiger partial charge on any atom is 0.573 e. The van der Waals surface area contributed by atoms with Crippen LogP contribution in [0.2, 0.25) is 0 Å². The lowest BCUT2D eigenvalue weighted by molar-refractivity contribution is -0.274. The van der Waals surface area contributed by atoms with Crippen molar-refractivity contribution < 1.29 is 26.3 Å². The average Bonchev–Trinajstić information content (AvgIpc) is 2.98. The quantitative estimate of drug-likeness (QED) is 0.842. The summed E-state index contributed by atoms with van der Waals surface area (Å²) in [5.74, 6) is -0.570. The van der Waals surface area contributed by atoms with Gasteiger partial charge in [0.2, 0.25) is 0 Å². The molecule has 1 aromatic rings. The number of hydrogen-bond donors (Lipinski definition) is 0. The van der Waals surface area contributed by atoms with E-state index in [2.05, 4.69) is 10.8 Å². The van der Waals surface area contributed by atoms with Crippen LogP contribution in [0, 0.1) is 6.07 Å². The second-order valence-electron chi connectivity index (χ2n) is 3.70. The van der Waals surface area contributed by atoms with Crippen LogP contribution in [-0.2, 0) is 9.84 Å². The molecule has 0 saturated heterocycles. The molecular weight excluding hydrogens is 257 g/mol. The van der Waals surface area contributed by atoms with Crippen LogP contribution in [0.1, 0.15) is 12.8 Å². The highest BCUT2D eigenvalue weighted by atomic mass is 32.2. The normalized spacial score (nSPS) is 16.9. The fraction of sp³-hybridized carbons (Fsp3) is 0.400. The number of rotatable bonds is 3. The Hall–Kier alpha value is -1.24. The molecule has 93 valence electrons. The van der Waals surface area contributed by atoms with E-state index >= 15 is 0 Å². The Bertz CT molecular complexity index is 518. The molecule has 1 saturated carbocycles. The third-order valence-corrected chi connectivity index (χ3v) is 4.50. The van der Waals surface area contributed by atoms with Crippen molar-refractivity contribution in [3.05, 3.63) is 24.3 Å². The number of sulfone groups is 1. The first kappa shape index (κ1) is 12.2. The lowest BCUT2D eigenvalue weighted by atomic mass is 10.3. The molecular formula is C10H8F3O3S. The Morgan fingerprint density at radius 3 is 2.47 bits per heavy atom. The van der Waals surface area contributed by atoms with Gasteiger partial charge in [-0.2, -0.15) is 0 Å². The maximum atomic E-state index is 12.0. The number of alkyl halides is 3. The van der Waals surface area contributed by atoms with Crippen LogP contribution in [0.25, 0.3) is 0 Å². The zero-order valence-electron chi connectivity index (χ0n) is 8.49. The Kier molecular flexibility index (Phi) is 2.81. The smallest absolute Gasteiger partial charge is 0.406 e. The van der Waals surface area contributed by atoms with Gasteiger partial charge in [-0.1, -0.05) is 0 Å². The fourth-order valence-electron chi connectivity index (χ4n) is 1.36. The SMILES string of the molecule is O=S(=O)(c1c[c]cc(OC(F)(F)F)c1)C1CC1. The predicted molar refractivity (Wildman–Crippen MR) is 52.2 cm³/mol. The third-order valence-electron chi connectivity index (χ3n) is 2.26. The van der Waals surface area contributed by atoms with Crippen molar-refractivity contribution in [2.24, 2.45) is 0 Å². The van der Waals surface area contributed by atoms with Crippen molar-refractivity contribution in [1.82, 2.24) is 0 Å². The van der Waals surface area contributed by atoms with E-state index in [4.69, 9.17) is 0 Å². The molecule has 2 rings (SSSR count). The van der Waals surface area contributed by atoms with Gasteiger partial charge in [-0.15, -0.1) is 13.2 Å². The molecule has 0 aromatic heterocycles. The molecule has 0 unspecified atom stereocenters. The van der Waals surface area contributed by atoms with Crippen LogP contribution in [0.15, 0.2) is 23.1 Å². The summed E-state index contributed by atoms with van der Waals surface area (Å²) in [4.78, 5) is -0.179. The highest BCUT2D eigenvalue weighted by Gasteiger charge is 2.37. The van der Waals surface area contributed by atoms with Gasteiger partial charge in [-0.25, -0.2) is 8.42 Å².